The average molecular weight is 295 g/mol. The van der Waals surface area contributed by atoms with E-state index in [0.29, 0.717) is 13.0 Å². The fraction of sp³-hybridized carbons (Fsp3) is 0.211. The van der Waals surface area contributed by atoms with Crippen LogP contribution >= 0.6 is 0 Å². The molecule has 0 aliphatic carbocycles. The molecule has 0 radical (unpaired) electrons. The molecule has 2 rings (SSSR count). The number of carbonyl (C=O) groups excluding carboxylic acids is 1. The zero-order chi connectivity index (χ0) is 15.6. The molecule has 0 atom stereocenters. The van der Waals surface area contributed by atoms with E-state index in [-0.39, 0.29) is 5.78 Å². The number of rotatable bonds is 8. The average Bonchev–Trinajstić information content (AvgIpc) is 2.58. The highest BCUT2D eigenvalue weighted by atomic mass is 16.5. The van der Waals surface area contributed by atoms with Crippen LogP contribution in [0.4, 0.5) is 0 Å². The second kappa shape index (κ2) is 8.80. The maximum atomic E-state index is 11.8. The van der Waals surface area contributed by atoms with E-state index in [9.17, 15) is 4.79 Å². The lowest BCUT2D eigenvalue weighted by molar-refractivity contribution is -0.114. The normalized spacial score (nSPS) is 10.8. The Morgan fingerprint density at radius 2 is 1.82 bits per heavy atom. The molecule has 0 spiro atoms. The minimum Gasteiger partial charge on any atom is -0.497 e. The minimum absolute atomic E-state index is 0.122. The summed E-state index contributed by atoms with van der Waals surface area (Å²) < 4.78 is 5.10. The molecule has 2 aromatic carbocycles. The first-order valence-electron chi connectivity index (χ1n) is 7.37. The Bertz CT molecular complexity index is 603. The molecule has 1 N–H and O–H groups in total. The van der Waals surface area contributed by atoms with E-state index in [0.717, 1.165) is 17.9 Å². The Labute approximate surface area is 131 Å². The summed E-state index contributed by atoms with van der Waals surface area (Å²) >= 11 is 0. The van der Waals surface area contributed by atoms with Gasteiger partial charge in [-0.05, 0) is 29.3 Å². The molecule has 0 heterocycles. The van der Waals surface area contributed by atoms with E-state index >= 15 is 0 Å². The van der Waals surface area contributed by atoms with Gasteiger partial charge in [-0.25, -0.2) is 0 Å². The summed E-state index contributed by atoms with van der Waals surface area (Å²) in [6, 6.07) is 17.8. The SMILES string of the molecule is COc1ccc(/C=C/C(=O)CCNCc2ccccc2)cc1. The number of benzene rings is 2. The molecule has 22 heavy (non-hydrogen) atoms. The molecule has 3 heteroatoms. The third kappa shape index (κ3) is 5.54. The molecule has 0 unspecified atom stereocenters. The van der Waals surface area contributed by atoms with Crippen molar-refractivity contribution >= 4 is 11.9 Å². The molecule has 2 aromatic rings. The molecule has 0 bridgehead atoms. The molecule has 0 saturated carbocycles. The van der Waals surface area contributed by atoms with E-state index in [1.807, 2.05) is 48.5 Å². The molecule has 0 amide bonds. The van der Waals surface area contributed by atoms with Gasteiger partial charge in [-0.15, -0.1) is 0 Å². The maximum absolute atomic E-state index is 11.8. The minimum atomic E-state index is 0.122. The Hall–Kier alpha value is -2.39. The van der Waals surface area contributed by atoms with Gasteiger partial charge in [0.15, 0.2) is 5.78 Å². The van der Waals surface area contributed by atoms with Gasteiger partial charge in [0.05, 0.1) is 7.11 Å². The van der Waals surface area contributed by atoms with Gasteiger partial charge in [0, 0.05) is 19.5 Å². The fourth-order valence-corrected chi connectivity index (χ4v) is 2.03. The van der Waals surface area contributed by atoms with E-state index < -0.39 is 0 Å². The van der Waals surface area contributed by atoms with E-state index in [1.54, 1.807) is 13.2 Å². The van der Waals surface area contributed by atoms with Gasteiger partial charge in [-0.3, -0.25) is 4.79 Å². The van der Waals surface area contributed by atoms with Crippen molar-refractivity contribution in [2.24, 2.45) is 0 Å². The van der Waals surface area contributed by atoms with Crippen LogP contribution in [0.5, 0.6) is 5.75 Å². The first-order valence-corrected chi connectivity index (χ1v) is 7.37. The first kappa shape index (κ1) is 16.0. The Morgan fingerprint density at radius 1 is 1.09 bits per heavy atom. The van der Waals surface area contributed by atoms with Crippen LogP contribution in [0.25, 0.3) is 6.08 Å². The summed E-state index contributed by atoms with van der Waals surface area (Å²) in [5.41, 5.74) is 2.22. The van der Waals surface area contributed by atoms with E-state index in [4.69, 9.17) is 4.74 Å². The van der Waals surface area contributed by atoms with Crippen LogP contribution in [0, 0.1) is 0 Å². The number of nitrogens with one attached hydrogen (secondary N) is 1. The molecule has 0 aliphatic heterocycles. The second-order valence-corrected chi connectivity index (χ2v) is 4.99. The quantitative estimate of drug-likeness (QED) is 0.599. The Morgan fingerprint density at radius 3 is 2.50 bits per heavy atom. The number of hydrogen-bond acceptors (Lipinski definition) is 3. The van der Waals surface area contributed by atoms with Crippen LogP contribution in [0.2, 0.25) is 0 Å². The highest BCUT2D eigenvalue weighted by Gasteiger charge is 1.97. The zero-order valence-corrected chi connectivity index (χ0v) is 12.8. The van der Waals surface area contributed by atoms with Crippen LogP contribution < -0.4 is 10.1 Å². The van der Waals surface area contributed by atoms with Crippen LogP contribution in [0.15, 0.2) is 60.7 Å². The van der Waals surface area contributed by atoms with Gasteiger partial charge in [0.1, 0.15) is 5.75 Å². The van der Waals surface area contributed by atoms with Crippen molar-refractivity contribution in [3.63, 3.8) is 0 Å². The summed E-state index contributed by atoms with van der Waals surface area (Å²) in [7, 11) is 1.64. The van der Waals surface area contributed by atoms with Crippen LogP contribution in [0.3, 0.4) is 0 Å². The highest BCUT2D eigenvalue weighted by Crippen LogP contribution is 2.12. The molecular weight excluding hydrogens is 274 g/mol. The predicted octanol–water partition coefficient (Wildman–Crippen LogP) is 3.46. The molecule has 3 nitrogen and oxygen atoms in total. The number of ether oxygens (including phenoxy) is 1. The van der Waals surface area contributed by atoms with Crippen molar-refractivity contribution in [1.82, 2.24) is 5.32 Å². The number of carbonyl (C=O) groups is 1. The number of allylic oxidation sites excluding steroid dienone is 1. The van der Waals surface area contributed by atoms with Crippen molar-refractivity contribution in [2.45, 2.75) is 13.0 Å². The number of hydrogen-bond donors (Lipinski definition) is 1. The van der Waals surface area contributed by atoms with E-state index in [1.165, 1.54) is 5.56 Å². The first-order chi connectivity index (χ1) is 10.8. The predicted molar refractivity (Wildman–Crippen MR) is 89.8 cm³/mol. The van der Waals surface area contributed by atoms with Gasteiger partial charge in [0.25, 0.3) is 0 Å². The fourth-order valence-electron chi connectivity index (χ4n) is 2.03. The van der Waals surface area contributed by atoms with Gasteiger partial charge < -0.3 is 10.1 Å². The smallest absolute Gasteiger partial charge is 0.156 e. The number of ketones is 1. The summed E-state index contributed by atoms with van der Waals surface area (Å²) in [5, 5.41) is 3.27. The third-order valence-corrected chi connectivity index (χ3v) is 3.30. The summed E-state index contributed by atoms with van der Waals surface area (Å²) in [6.45, 7) is 1.47. The molecule has 114 valence electrons. The second-order valence-electron chi connectivity index (χ2n) is 4.99. The van der Waals surface area contributed by atoms with Crippen molar-refractivity contribution < 1.29 is 9.53 Å². The summed E-state index contributed by atoms with van der Waals surface area (Å²) in [6.07, 6.45) is 3.96. The van der Waals surface area contributed by atoms with Gasteiger partial charge >= 0.3 is 0 Å². The Kier molecular flexibility index (Phi) is 6.39. The lowest BCUT2D eigenvalue weighted by Crippen LogP contribution is -2.17. The monoisotopic (exact) mass is 295 g/mol. The van der Waals surface area contributed by atoms with Crippen LogP contribution in [-0.4, -0.2) is 19.4 Å². The molecule has 0 saturated heterocycles. The summed E-state index contributed by atoms with van der Waals surface area (Å²) in [5.74, 6) is 0.935. The van der Waals surface area contributed by atoms with Crippen molar-refractivity contribution in [2.75, 3.05) is 13.7 Å². The molecule has 0 aromatic heterocycles. The molecular formula is C19H21NO2. The molecule has 0 fully saturated rings. The maximum Gasteiger partial charge on any atom is 0.156 e. The van der Waals surface area contributed by atoms with Gasteiger partial charge in [0.2, 0.25) is 0 Å². The standard InChI is InChI=1S/C19H21NO2/c1-22-19-11-8-16(9-12-19)7-10-18(21)13-14-20-15-17-5-3-2-4-6-17/h2-12,20H,13-15H2,1H3/b10-7+. The summed E-state index contributed by atoms with van der Waals surface area (Å²) in [4.78, 5) is 11.8. The van der Waals surface area contributed by atoms with Gasteiger partial charge in [-0.1, -0.05) is 48.5 Å². The third-order valence-electron chi connectivity index (χ3n) is 3.30. The lowest BCUT2D eigenvalue weighted by Gasteiger charge is -2.03. The zero-order valence-electron chi connectivity index (χ0n) is 12.8. The van der Waals surface area contributed by atoms with Crippen LogP contribution in [-0.2, 0) is 11.3 Å². The van der Waals surface area contributed by atoms with Crippen LogP contribution in [0.1, 0.15) is 17.5 Å². The largest absolute Gasteiger partial charge is 0.497 e. The molecule has 0 aliphatic rings. The Balaban J connectivity index is 1.69. The van der Waals surface area contributed by atoms with Crippen molar-refractivity contribution in [3.05, 3.63) is 71.8 Å². The van der Waals surface area contributed by atoms with Gasteiger partial charge in [-0.2, -0.15) is 0 Å². The number of methoxy groups -OCH3 is 1. The topological polar surface area (TPSA) is 38.3 Å². The van der Waals surface area contributed by atoms with Crippen molar-refractivity contribution in [1.29, 1.82) is 0 Å². The lowest BCUT2D eigenvalue weighted by atomic mass is 10.1. The van der Waals surface area contributed by atoms with Crippen molar-refractivity contribution in [3.8, 4) is 5.75 Å². The highest BCUT2D eigenvalue weighted by molar-refractivity contribution is 5.93. The van der Waals surface area contributed by atoms with E-state index in [2.05, 4.69) is 17.4 Å².